The van der Waals surface area contributed by atoms with Crippen molar-refractivity contribution in [1.82, 2.24) is 4.72 Å². The Bertz CT molecular complexity index is 220. The minimum atomic E-state index is -3.39. The molecule has 1 rings (SSSR count). The third-order valence-corrected chi connectivity index (χ3v) is 3.39. The largest absolute Gasteiger partial charge is 0.335 e. The van der Waals surface area contributed by atoms with Gasteiger partial charge in [-0.15, -0.1) is 0 Å². The van der Waals surface area contributed by atoms with Crippen molar-refractivity contribution in [2.24, 2.45) is 5.14 Å². The highest BCUT2D eigenvalue weighted by molar-refractivity contribution is 8.12. The van der Waals surface area contributed by atoms with E-state index in [1.807, 2.05) is 0 Å². The van der Waals surface area contributed by atoms with Crippen molar-refractivity contribution in [2.45, 2.75) is 4.58 Å². The van der Waals surface area contributed by atoms with Crippen LogP contribution in [0, 0.1) is 0 Å². The standard InChI is InChI=1S/C3H6N2O2S2/c4-9(6,7)3-1-2-5-8-3/h1-3,5H,(H2,4,6,7). The van der Waals surface area contributed by atoms with Gasteiger partial charge in [-0.2, -0.15) is 0 Å². The average Bonchev–Trinajstić information content (AvgIpc) is 2.08. The number of rotatable bonds is 1. The predicted octanol–water partition coefficient (Wildman–Crippen LogP) is -0.634. The highest BCUT2D eigenvalue weighted by Crippen LogP contribution is 2.17. The first-order chi connectivity index (χ1) is 4.11. The van der Waals surface area contributed by atoms with Gasteiger partial charge >= 0.3 is 0 Å². The lowest BCUT2D eigenvalue weighted by Crippen LogP contribution is -2.23. The summed E-state index contributed by atoms with van der Waals surface area (Å²) < 4.78 is 23.0. The Balaban J connectivity index is 2.76. The lowest BCUT2D eigenvalue weighted by Gasteiger charge is -2.00. The van der Waals surface area contributed by atoms with Gasteiger partial charge in [-0.1, -0.05) is 0 Å². The molecule has 1 aliphatic rings. The second-order valence-corrected chi connectivity index (χ2v) is 4.52. The van der Waals surface area contributed by atoms with Gasteiger partial charge in [-0.05, 0) is 18.0 Å². The zero-order valence-corrected chi connectivity index (χ0v) is 6.08. The quantitative estimate of drug-likeness (QED) is 0.508. The van der Waals surface area contributed by atoms with E-state index in [1.165, 1.54) is 6.08 Å². The molecule has 0 bridgehead atoms. The Kier molecular flexibility index (Phi) is 1.69. The van der Waals surface area contributed by atoms with E-state index in [2.05, 4.69) is 4.72 Å². The van der Waals surface area contributed by atoms with Crippen molar-refractivity contribution in [1.29, 1.82) is 0 Å². The molecule has 4 nitrogen and oxygen atoms in total. The van der Waals surface area contributed by atoms with Crippen molar-refractivity contribution in [3.05, 3.63) is 12.3 Å². The molecule has 9 heavy (non-hydrogen) atoms. The molecule has 6 heteroatoms. The van der Waals surface area contributed by atoms with Crippen LogP contribution in [0.2, 0.25) is 0 Å². The Labute approximate surface area is 57.7 Å². The molecule has 1 unspecified atom stereocenters. The summed E-state index contributed by atoms with van der Waals surface area (Å²) in [4.78, 5) is 0. The fourth-order valence-corrected chi connectivity index (χ4v) is 1.89. The van der Waals surface area contributed by atoms with E-state index in [4.69, 9.17) is 5.14 Å². The van der Waals surface area contributed by atoms with Gasteiger partial charge in [0.25, 0.3) is 0 Å². The second-order valence-electron chi connectivity index (χ2n) is 1.55. The summed E-state index contributed by atoms with van der Waals surface area (Å²) >= 11 is 1.08. The molecule has 52 valence electrons. The first-order valence-electron chi connectivity index (χ1n) is 2.20. The molecule has 0 aromatic carbocycles. The summed E-state index contributed by atoms with van der Waals surface area (Å²) in [5, 5.41) is 4.80. The number of sulfonamides is 1. The Morgan fingerprint density at radius 2 is 2.33 bits per heavy atom. The molecule has 0 radical (unpaired) electrons. The van der Waals surface area contributed by atoms with Crippen LogP contribution in [0.25, 0.3) is 0 Å². The summed E-state index contributed by atoms with van der Waals surface area (Å²) in [6.45, 7) is 0. The Morgan fingerprint density at radius 3 is 2.56 bits per heavy atom. The van der Waals surface area contributed by atoms with Gasteiger partial charge < -0.3 is 4.72 Å². The van der Waals surface area contributed by atoms with E-state index in [1.54, 1.807) is 6.20 Å². The topological polar surface area (TPSA) is 72.2 Å². The lowest BCUT2D eigenvalue weighted by atomic mass is 10.7. The number of nitrogens with one attached hydrogen (secondary N) is 1. The third-order valence-electron chi connectivity index (χ3n) is 0.829. The molecule has 1 heterocycles. The Morgan fingerprint density at radius 1 is 1.67 bits per heavy atom. The fraction of sp³-hybridized carbons (Fsp3) is 0.333. The van der Waals surface area contributed by atoms with Gasteiger partial charge in [0.2, 0.25) is 10.0 Å². The molecule has 0 saturated carbocycles. The lowest BCUT2D eigenvalue weighted by molar-refractivity contribution is 0.599. The summed E-state index contributed by atoms with van der Waals surface area (Å²) in [5.74, 6) is 0. The van der Waals surface area contributed by atoms with Crippen LogP contribution in [0.1, 0.15) is 0 Å². The van der Waals surface area contributed by atoms with Crippen LogP contribution < -0.4 is 9.86 Å². The van der Waals surface area contributed by atoms with Crippen LogP contribution in [0.4, 0.5) is 0 Å². The zero-order chi connectivity index (χ0) is 6.91. The summed E-state index contributed by atoms with van der Waals surface area (Å²) in [5.41, 5.74) is 0. The molecular weight excluding hydrogens is 160 g/mol. The summed E-state index contributed by atoms with van der Waals surface area (Å²) in [6.07, 6.45) is 3.06. The van der Waals surface area contributed by atoms with Crippen LogP contribution in [0.5, 0.6) is 0 Å². The monoisotopic (exact) mass is 166 g/mol. The van der Waals surface area contributed by atoms with Crippen LogP contribution in [-0.4, -0.2) is 13.0 Å². The van der Waals surface area contributed by atoms with Crippen LogP contribution >= 0.6 is 11.9 Å². The minimum Gasteiger partial charge on any atom is -0.335 e. The predicted molar refractivity (Wildman–Crippen MR) is 36.8 cm³/mol. The van der Waals surface area contributed by atoms with Gasteiger partial charge in [0.05, 0.1) is 0 Å². The number of primary sulfonamides is 1. The van der Waals surface area contributed by atoms with Gasteiger partial charge in [0.1, 0.15) is 0 Å². The molecule has 0 aromatic heterocycles. The van der Waals surface area contributed by atoms with Crippen molar-refractivity contribution < 1.29 is 8.42 Å². The van der Waals surface area contributed by atoms with Gasteiger partial charge in [0, 0.05) is 6.20 Å². The smallest absolute Gasteiger partial charge is 0.226 e. The second kappa shape index (κ2) is 2.20. The number of hydrogen-bond donors (Lipinski definition) is 2. The first kappa shape index (κ1) is 6.91. The van der Waals surface area contributed by atoms with E-state index in [0.717, 1.165) is 11.9 Å². The van der Waals surface area contributed by atoms with Crippen molar-refractivity contribution in [2.75, 3.05) is 0 Å². The Hall–Kier alpha value is -0.200. The van der Waals surface area contributed by atoms with E-state index in [-0.39, 0.29) is 0 Å². The average molecular weight is 166 g/mol. The summed E-state index contributed by atoms with van der Waals surface area (Å²) in [7, 11) is -3.39. The maximum absolute atomic E-state index is 10.5. The van der Waals surface area contributed by atoms with E-state index in [0.29, 0.717) is 0 Å². The van der Waals surface area contributed by atoms with Crippen molar-refractivity contribution in [3.63, 3.8) is 0 Å². The van der Waals surface area contributed by atoms with Crippen molar-refractivity contribution in [3.8, 4) is 0 Å². The van der Waals surface area contributed by atoms with Gasteiger partial charge in [-0.3, -0.25) is 0 Å². The molecule has 1 aliphatic heterocycles. The van der Waals surface area contributed by atoms with Crippen LogP contribution in [0.15, 0.2) is 12.3 Å². The fourth-order valence-electron chi connectivity index (χ4n) is 0.440. The maximum Gasteiger partial charge on any atom is 0.226 e. The molecule has 1 atom stereocenters. The zero-order valence-electron chi connectivity index (χ0n) is 4.44. The highest BCUT2D eigenvalue weighted by atomic mass is 32.3. The van der Waals surface area contributed by atoms with E-state index < -0.39 is 14.6 Å². The normalized spacial score (nSPS) is 26.1. The van der Waals surface area contributed by atoms with Gasteiger partial charge in [0.15, 0.2) is 4.58 Å². The minimum absolute atomic E-state index is 0.613. The molecule has 0 amide bonds. The number of hydrogen-bond acceptors (Lipinski definition) is 4. The van der Waals surface area contributed by atoms with Crippen molar-refractivity contribution >= 4 is 22.0 Å². The van der Waals surface area contributed by atoms with E-state index in [9.17, 15) is 8.42 Å². The summed E-state index contributed by atoms with van der Waals surface area (Å²) in [6, 6.07) is 0. The maximum atomic E-state index is 10.5. The van der Waals surface area contributed by atoms with E-state index >= 15 is 0 Å². The molecule has 0 aliphatic carbocycles. The van der Waals surface area contributed by atoms with Gasteiger partial charge in [-0.25, -0.2) is 13.6 Å². The van der Waals surface area contributed by atoms with Crippen LogP contribution in [-0.2, 0) is 10.0 Å². The molecular formula is C3H6N2O2S2. The van der Waals surface area contributed by atoms with Crippen LogP contribution in [0.3, 0.4) is 0 Å². The third kappa shape index (κ3) is 1.60. The SMILES string of the molecule is NS(=O)(=O)C1C=CNS1. The molecule has 3 N–H and O–H groups in total. The first-order valence-corrected chi connectivity index (χ1v) is 4.69. The highest BCUT2D eigenvalue weighted by Gasteiger charge is 2.21. The number of nitrogens with two attached hydrogens (primary N) is 1. The molecule has 0 fully saturated rings. The molecule has 0 spiro atoms. The molecule has 0 aromatic rings. The molecule has 0 saturated heterocycles.